The van der Waals surface area contributed by atoms with Crippen LogP contribution in [0.1, 0.15) is 16.8 Å². The summed E-state index contributed by atoms with van der Waals surface area (Å²) in [4.78, 5) is 15.0. The van der Waals surface area contributed by atoms with Crippen LogP contribution in [0.25, 0.3) is 0 Å². The zero-order chi connectivity index (χ0) is 20.7. The fraction of sp³-hybridized carbons (Fsp3) is 0.381. The number of carbonyl (C=O) groups is 1. The van der Waals surface area contributed by atoms with Gasteiger partial charge in [-0.25, -0.2) is 8.42 Å². The number of morpholine rings is 1. The highest BCUT2D eigenvalue weighted by Gasteiger charge is 2.21. The normalized spacial score (nSPS) is 15.1. The third kappa shape index (κ3) is 5.56. The monoisotopic (exact) mass is 417 g/mol. The zero-order valence-electron chi connectivity index (χ0n) is 16.6. The molecule has 0 unspecified atom stereocenters. The Labute approximate surface area is 172 Å². The minimum absolute atomic E-state index is 0.209. The van der Waals surface area contributed by atoms with Crippen LogP contribution in [0.15, 0.2) is 59.5 Å². The third-order valence-corrected chi connectivity index (χ3v) is 6.71. The van der Waals surface area contributed by atoms with E-state index in [4.69, 9.17) is 4.74 Å². The summed E-state index contributed by atoms with van der Waals surface area (Å²) in [6, 6.07) is 14.9. The highest BCUT2D eigenvalue weighted by molar-refractivity contribution is 7.92. The molecule has 1 heterocycles. The maximum Gasteiger partial charge on any atom is 0.264 e. The Bertz CT molecular complexity index is 913. The van der Waals surface area contributed by atoms with Crippen molar-refractivity contribution in [2.75, 3.05) is 50.7 Å². The van der Waals surface area contributed by atoms with Crippen LogP contribution in [-0.4, -0.2) is 65.7 Å². The highest BCUT2D eigenvalue weighted by Crippen LogP contribution is 2.22. The van der Waals surface area contributed by atoms with Crippen molar-refractivity contribution in [3.63, 3.8) is 0 Å². The van der Waals surface area contributed by atoms with Crippen molar-refractivity contribution < 1.29 is 17.9 Å². The Morgan fingerprint density at radius 3 is 2.55 bits per heavy atom. The minimum Gasteiger partial charge on any atom is -0.379 e. The molecule has 0 saturated carbocycles. The predicted octanol–water partition coefficient (Wildman–Crippen LogP) is 1.96. The molecule has 0 bridgehead atoms. The van der Waals surface area contributed by atoms with Crippen LogP contribution in [0, 0.1) is 0 Å². The second kappa shape index (κ2) is 9.87. The molecule has 2 aromatic rings. The Kier molecular flexibility index (Phi) is 7.24. The number of nitrogens with zero attached hydrogens (tertiary/aromatic N) is 2. The van der Waals surface area contributed by atoms with Crippen LogP contribution in [0.2, 0.25) is 0 Å². The Morgan fingerprint density at radius 1 is 1.10 bits per heavy atom. The molecular formula is C21H27N3O4S. The van der Waals surface area contributed by atoms with Crippen molar-refractivity contribution in [2.24, 2.45) is 0 Å². The number of anilines is 1. The molecule has 0 aliphatic carbocycles. The van der Waals surface area contributed by atoms with Gasteiger partial charge < -0.3 is 10.1 Å². The number of rotatable bonds is 8. The van der Waals surface area contributed by atoms with Crippen LogP contribution < -0.4 is 9.62 Å². The first-order valence-electron chi connectivity index (χ1n) is 9.71. The smallest absolute Gasteiger partial charge is 0.264 e. The van der Waals surface area contributed by atoms with E-state index in [0.717, 1.165) is 39.3 Å². The molecule has 0 radical (unpaired) electrons. The van der Waals surface area contributed by atoms with Crippen LogP contribution in [0.5, 0.6) is 0 Å². The molecule has 156 valence electrons. The minimum atomic E-state index is -3.68. The highest BCUT2D eigenvalue weighted by atomic mass is 32.2. The van der Waals surface area contributed by atoms with Gasteiger partial charge in [0.2, 0.25) is 0 Å². The van der Waals surface area contributed by atoms with E-state index in [1.807, 2.05) is 0 Å². The van der Waals surface area contributed by atoms with Crippen molar-refractivity contribution >= 4 is 21.6 Å². The van der Waals surface area contributed by atoms with E-state index in [-0.39, 0.29) is 10.8 Å². The lowest BCUT2D eigenvalue weighted by atomic mass is 10.2. The SMILES string of the molecule is CN(c1cccc(C(=O)NCCCN2CCOCC2)c1)S(=O)(=O)c1ccccc1. The third-order valence-electron chi connectivity index (χ3n) is 4.91. The fourth-order valence-corrected chi connectivity index (χ4v) is 4.37. The van der Waals surface area contributed by atoms with E-state index in [2.05, 4.69) is 10.2 Å². The summed E-state index contributed by atoms with van der Waals surface area (Å²) in [7, 11) is -2.19. The van der Waals surface area contributed by atoms with Gasteiger partial charge in [-0.3, -0.25) is 14.0 Å². The summed E-state index contributed by atoms with van der Waals surface area (Å²) in [5, 5.41) is 2.91. The van der Waals surface area contributed by atoms with Gasteiger partial charge in [0, 0.05) is 32.2 Å². The van der Waals surface area contributed by atoms with E-state index in [1.54, 1.807) is 54.6 Å². The largest absolute Gasteiger partial charge is 0.379 e. The lowest BCUT2D eigenvalue weighted by Crippen LogP contribution is -2.38. The quantitative estimate of drug-likeness (QED) is 0.665. The first kappa shape index (κ1) is 21.3. The molecule has 1 N–H and O–H groups in total. The number of amides is 1. The lowest BCUT2D eigenvalue weighted by Gasteiger charge is -2.26. The maximum atomic E-state index is 12.8. The molecule has 7 nitrogen and oxygen atoms in total. The lowest BCUT2D eigenvalue weighted by molar-refractivity contribution is 0.0374. The van der Waals surface area contributed by atoms with Crippen molar-refractivity contribution in [1.82, 2.24) is 10.2 Å². The second-order valence-electron chi connectivity index (χ2n) is 6.90. The first-order valence-corrected chi connectivity index (χ1v) is 11.1. The predicted molar refractivity (Wildman–Crippen MR) is 113 cm³/mol. The number of benzene rings is 2. The molecular weight excluding hydrogens is 390 g/mol. The summed E-state index contributed by atoms with van der Waals surface area (Å²) in [5.74, 6) is -0.209. The van der Waals surface area contributed by atoms with Gasteiger partial charge in [-0.15, -0.1) is 0 Å². The van der Waals surface area contributed by atoms with Crippen LogP contribution >= 0.6 is 0 Å². The molecule has 1 amide bonds. The van der Waals surface area contributed by atoms with Crippen molar-refractivity contribution in [3.8, 4) is 0 Å². The molecule has 1 aliphatic rings. The number of carbonyl (C=O) groups excluding carboxylic acids is 1. The van der Waals surface area contributed by atoms with Crippen molar-refractivity contribution in [1.29, 1.82) is 0 Å². The summed E-state index contributed by atoms with van der Waals surface area (Å²) >= 11 is 0. The Morgan fingerprint density at radius 2 is 1.83 bits per heavy atom. The average molecular weight is 418 g/mol. The zero-order valence-corrected chi connectivity index (χ0v) is 17.4. The molecule has 1 fully saturated rings. The van der Waals surface area contributed by atoms with E-state index in [1.165, 1.54) is 11.4 Å². The summed E-state index contributed by atoms with van der Waals surface area (Å²) < 4.78 is 32.1. The molecule has 1 saturated heterocycles. The molecule has 0 atom stereocenters. The van der Waals surface area contributed by atoms with E-state index in [0.29, 0.717) is 17.8 Å². The number of hydrogen-bond donors (Lipinski definition) is 1. The van der Waals surface area contributed by atoms with Gasteiger partial charge in [-0.1, -0.05) is 24.3 Å². The second-order valence-corrected chi connectivity index (χ2v) is 8.87. The Hall–Kier alpha value is -2.42. The molecule has 2 aromatic carbocycles. The topological polar surface area (TPSA) is 79.0 Å². The van der Waals surface area contributed by atoms with E-state index >= 15 is 0 Å². The van der Waals surface area contributed by atoms with Crippen molar-refractivity contribution in [3.05, 3.63) is 60.2 Å². The van der Waals surface area contributed by atoms with E-state index in [9.17, 15) is 13.2 Å². The molecule has 8 heteroatoms. The Balaban J connectivity index is 1.59. The summed E-state index contributed by atoms with van der Waals surface area (Å²) in [5.41, 5.74) is 0.874. The van der Waals surface area contributed by atoms with Gasteiger partial charge in [0.05, 0.1) is 23.8 Å². The van der Waals surface area contributed by atoms with Crippen molar-refractivity contribution in [2.45, 2.75) is 11.3 Å². The number of hydrogen-bond acceptors (Lipinski definition) is 5. The fourth-order valence-electron chi connectivity index (χ4n) is 3.16. The summed E-state index contributed by atoms with van der Waals surface area (Å²) in [6.45, 7) is 4.87. The molecule has 1 aliphatic heterocycles. The molecule has 0 spiro atoms. The summed E-state index contributed by atoms with van der Waals surface area (Å²) in [6.07, 6.45) is 0.855. The molecule has 3 rings (SSSR count). The van der Waals surface area contributed by atoms with Gasteiger partial charge >= 0.3 is 0 Å². The maximum absolute atomic E-state index is 12.8. The van der Waals surface area contributed by atoms with Crippen LogP contribution in [-0.2, 0) is 14.8 Å². The standard InChI is InChI=1S/C21H27N3O4S/c1-23(29(26,27)20-9-3-2-4-10-20)19-8-5-7-18(17-19)21(25)22-11-6-12-24-13-15-28-16-14-24/h2-5,7-10,17H,6,11-16H2,1H3,(H,22,25). The van der Waals surface area contributed by atoms with Gasteiger partial charge in [0.1, 0.15) is 0 Å². The van der Waals surface area contributed by atoms with Gasteiger partial charge in [-0.05, 0) is 43.3 Å². The molecule has 0 aromatic heterocycles. The van der Waals surface area contributed by atoms with Crippen LogP contribution in [0.3, 0.4) is 0 Å². The first-order chi connectivity index (χ1) is 14.0. The van der Waals surface area contributed by atoms with E-state index < -0.39 is 10.0 Å². The average Bonchev–Trinajstić information content (AvgIpc) is 2.77. The molecule has 29 heavy (non-hydrogen) atoms. The van der Waals surface area contributed by atoms with Gasteiger partial charge in [-0.2, -0.15) is 0 Å². The number of ether oxygens (including phenoxy) is 1. The number of sulfonamides is 1. The van der Waals surface area contributed by atoms with Gasteiger partial charge in [0.15, 0.2) is 0 Å². The van der Waals surface area contributed by atoms with Gasteiger partial charge in [0.25, 0.3) is 15.9 Å². The number of nitrogens with one attached hydrogen (secondary N) is 1. The van der Waals surface area contributed by atoms with Crippen LogP contribution in [0.4, 0.5) is 5.69 Å².